The highest BCUT2D eigenvalue weighted by atomic mass is 16.3. The molecule has 130 valence electrons. The van der Waals surface area contributed by atoms with Gasteiger partial charge in [0.05, 0.1) is 12.7 Å². The van der Waals surface area contributed by atoms with Gasteiger partial charge in [0.15, 0.2) is 0 Å². The summed E-state index contributed by atoms with van der Waals surface area (Å²) in [5.41, 5.74) is 0.352. The van der Waals surface area contributed by atoms with Crippen molar-refractivity contribution in [2.24, 2.45) is 40.4 Å². The molecule has 3 heteroatoms. The molecule has 0 saturated heterocycles. The number of carbonyl (C=O) groups is 1. The lowest BCUT2D eigenvalue weighted by Crippen LogP contribution is -2.55. The van der Waals surface area contributed by atoms with Gasteiger partial charge in [-0.05, 0) is 79.4 Å². The lowest BCUT2D eigenvalue weighted by Gasteiger charge is -2.60. The van der Waals surface area contributed by atoms with E-state index in [2.05, 4.69) is 13.8 Å². The number of aliphatic hydroxyl groups excluding tert-OH is 2. The second-order valence-electron chi connectivity index (χ2n) is 9.55. The van der Waals surface area contributed by atoms with Crippen LogP contribution in [0.15, 0.2) is 0 Å². The van der Waals surface area contributed by atoms with E-state index in [4.69, 9.17) is 0 Å². The van der Waals surface area contributed by atoms with Crippen LogP contribution in [0, 0.1) is 40.4 Å². The van der Waals surface area contributed by atoms with Crippen molar-refractivity contribution in [2.45, 2.75) is 71.3 Å². The molecule has 0 aromatic heterocycles. The molecule has 4 fully saturated rings. The second kappa shape index (κ2) is 5.29. The molecule has 4 rings (SSSR count). The number of ketones is 1. The summed E-state index contributed by atoms with van der Waals surface area (Å²) in [6, 6.07) is 0. The quantitative estimate of drug-likeness (QED) is 0.780. The van der Waals surface area contributed by atoms with Crippen molar-refractivity contribution >= 4 is 5.78 Å². The van der Waals surface area contributed by atoms with Crippen LogP contribution in [0.4, 0.5) is 0 Å². The first kappa shape index (κ1) is 16.1. The van der Waals surface area contributed by atoms with Crippen molar-refractivity contribution in [1.29, 1.82) is 0 Å². The first-order valence-corrected chi connectivity index (χ1v) is 9.72. The largest absolute Gasteiger partial charge is 0.396 e. The van der Waals surface area contributed by atoms with E-state index in [0.717, 1.165) is 25.2 Å². The standard InChI is InChI=1S/C20H32O3/c1-19-8-7-16-14(15(19)5-6-18(19)23)4-3-13-9-17(22)12(11-21)10-20(13,16)2/h12-16,18,21,23H,3-11H2,1-2H3/t12-,13-,14+,15+,16+,18-,19+,20+/m1/s1. The van der Waals surface area contributed by atoms with Crippen molar-refractivity contribution < 1.29 is 15.0 Å². The molecule has 4 saturated carbocycles. The molecule has 0 aliphatic heterocycles. The normalized spacial score (nSPS) is 55.9. The van der Waals surface area contributed by atoms with Gasteiger partial charge in [-0.3, -0.25) is 4.79 Å². The van der Waals surface area contributed by atoms with Gasteiger partial charge < -0.3 is 10.2 Å². The van der Waals surface area contributed by atoms with Crippen LogP contribution in [0.3, 0.4) is 0 Å². The Bertz CT molecular complexity index is 503. The SMILES string of the molecule is C[C@]12C[C@H](CO)C(=O)C[C@H]1CC[C@@H]1[C@@H]2CC[C@]2(C)[C@H](O)CC[C@@H]12. The average molecular weight is 320 g/mol. The van der Waals surface area contributed by atoms with Gasteiger partial charge in [0.1, 0.15) is 5.78 Å². The lowest BCUT2D eigenvalue weighted by atomic mass is 9.44. The Morgan fingerprint density at radius 1 is 1.04 bits per heavy atom. The first-order chi connectivity index (χ1) is 10.9. The van der Waals surface area contributed by atoms with E-state index in [-0.39, 0.29) is 29.5 Å². The smallest absolute Gasteiger partial charge is 0.138 e. The Kier molecular flexibility index (Phi) is 3.70. The van der Waals surface area contributed by atoms with Gasteiger partial charge in [0, 0.05) is 12.3 Å². The van der Waals surface area contributed by atoms with Crippen LogP contribution in [0.2, 0.25) is 0 Å². The van der Waals surface area contributed by atoms with E-state index >= 15 is 0 Å². The fourth-order valence-corrected chi connectivity index (χ4v) is 7.38. The highest BCUT2D eigenvalue weighted by Crippen LogP contribution is 2.66. The molecule has 0 radical (unpaired) electrons. The molecule has 4 aliphatic rings. The molecule has 0 heterocycles. The highest BCUT2D eigenvalue weighted by molar-refractivity contribution is 5.82. The summed E-state index contributed by atoms with van der Waals surface area (Å²) < 4.78 is 0. The Hall–Kier alpha value is -0.410. The molecule has 4 aliphatic carbocycles. The number of carbonyl (C=O) groups excluding carboxylic acids is 1. The van der Waals surface area contributed by atoms with Crippen LogP contribution >= 0.6 is 0 Å². The molecule has 2 N–H and O–H groups in total. The third-order valence-corrected chi connectivity index (χ3v) is 8.82. The molecule has 0 bridgehead atoms. The fraction of sp³-hybridized carbons (Fsp3) is 0.950. The Balaban J connectivity index is 1.64. The first-order valence-electron chi connectivity index (χ1n) is 9.72. The third-order valence-electron chi connectivity index (χ3n) is 8.82. The molecular weight excluding hydrogens is 288 g/mol. The Labute approximate surface area is 139 Å². The summed E-state index contributed by atoms with van der Waals surface area (Å²) >= 11 is 0. The van der Waals surface area contributed by atoms with Gasteiger partial charge >= 0.3 is 0 Å². The van der Waals surface area contributed by atoms with Crippen LogP contribution in [0.25, 0.3) is 0 Å². The summed E-state index contributed by atoms with van der Waals surface area (Å²) in [5.74, 6) is 2.77. The maximum Gasteiger partial charge on any atom is 0.138 e. The summed E-state index contributed by atoms with van der Waals surface area (Å²) in [6.07, 6.45) is 8.38. The van der Waals surface area contributed by atoms with Crippen molar-refractivity contribution in [3.8, 4) is 0 Å². The zero-order valence-electron chi connectivity index (χ0n) is 14.6. The molecule has 3 nitrogen and oxygen atoms in total. The minimum absolute atomic E-state index is 0.0262. The Morgan fingerprint density at radius 2 is 1.78 bits per heavy atom. The van der Waals surface area contributed by atoms with Gasteiger partial charge in [-0.25, -0.2) is 0 Å². The molecule has 0 unspecified atom stereocenters. The molecule has 0 spiro atoms. The number of rotatable bonds is 1. The minimum Gasteiger partial charge on any atom is -0.396 e. The van der Waals surface area contributed by atoms with Gasteiger partial charge in [-0.1, -0.05) is 13.8 Å². The van der Waals surface area contributed by atoms with Crippen molar-refractivity contribution in [3.05, 3.63) is 0 Å². The van der Waals surface area contributed by atoms with E-state index < -0.39 is 0 Å². The molecular formula is C20H32O3. The van der Waals surface area contributed by atoms with Crippen LogP contribution in [0.5, 0.6) is 0 Å². The molecule has 0 amide bonds. The summed E-state index contributed by atoms with van der Waals surface area (Å²) in [5, 5.41) is 20.1. The fourth-order valence-electron chi connectivity index (χ4n) is 7.38. The molecule has 0 aromatic carbocycles. The van der Waals surface area contributed by atoms with Gasteiger partial charge in [0.25, 0.3) is 0 Å². The monoisotopic (exact) mass is 320 g/mol. The van der Waals surface area contributed by atoms with Crippen LogP contribution < -0.4 is 0 Å². The minimum atomic E-state index is -0.127. The molecule has 0 aromatic rings. The van der Waals surface area contributed by atoms with Gasteiger partial charge in [-0.15, -0.1) is 0 Å². The predicted octanol–water partition coefficient (Wildman–Crippen LogP) is 3.18. The van der Waals surface area contributed by atoms with E-state index in [1.165, 1.54) is 25.7 Å². The predicted molar refractivity (Wildman–Crippen MR) is 88.7 cm³/mol. The lowest BCUT2D eigenvalue weighted by molar-refractivity contribution is -0.152. The summed E-state index contributed by atoms with van der Waals surface area (Å²) in [4.78, 5) is 12.3. The second-order valence-corrected chi connectivity index (χ2v) is 9.55. The molecule has 8 atom stereocenters. The zero-order chi connectivity index (χ0) is 16.4. The van der Waals surface area contributed by atoms with Gasteiger partial charge in [0.2, 0.25) is 0 Å². The van der Waals surface area contributed by atoms with E-state index in [0.29, 0.717) is 30.0 Å². The summed E-state index contributed by atoms with van der Waals surface area (Å²) in [6.45, 7) is 4.76. The Morgan fingerprint density at radius 3 is 2.52 bits per heavy atom. The number of Topliss-reactive ketones (excluding diaryl/α,β-unsaturated/α-hetero) is 1. The number of hydrogen-bond acceptors (Lipinski definition) is 3. The number of aliphatic hydroxyl groups is 2. The van der Waals surface area contributed by atoms with E-state index in [1.807, 2.05) is 0 Å². The van der Waals surface area contributed by atoms with E-state index in [1.54, 1.807) is 0 Å². The number of fused-ring (bicyclic) bond motifs is 5. The van der Waals surface area contributed by atoms with Crippen molar-refractivity contribution in [1.82, 2.24) is 0 Å². The van der Waals surface area contributed by atoms with Crippen molar-refractivity contribution in [2.75, 3.05) is 6.61 Å². The zero-order valence-corrected chi connectivity index (χ0v) is 14.6. The van der Waals surface area contributed by atoms with E-state index in [9.17, 15) is 15.0 Å². The summed E-state index contributed by atoms with van der Waals surface area (Å²) in [7, 11) is 0. The van der Waals surface area contributed by atoms with Crippen LogP contribution in [0.1, 0.15) is 65.2 Å². The van der Waals surface area contributed by atoms with Crippen molar-refractivity contribution in [3.63, 3.8) is 0 Å². The maximum absolute atomic E-state index is 12.3. The van der Waals surface area contributed by atoms with Crippen LogP contribution in [-0.2, 0) is 4.79 Å². The van der Waals surface area contributed by atoms with Gasteiger partial charge in [-0.2, -0.15) is 0 Å². The average Bonchev–Trinajstić information content (AvgIpc) is 2.83. The third kappa shape index (κ3) is 2.12. The maximum atomic E-state index is 12.3. The number of hydrogen-bond donors (Lipinski definition) is 2. The topological polar surface area (TPSA) is 57.5 Å². The highest BCUT2D eigenvalue weighted by Gasteiger charge is 2.60. The van der Waals surface area contributed by atoms with Crippen LogP contribution in [-0.4, -0.2) is 28.7 Å². The molecule has 23 heavy (non-hydrogen) atoms.